The van der Waals surface area contributed by atoms with E-state index in [1.165, 1.54) is 6.07 Å². The molecule has 2 aromatic heterocycles. The van der Waals surface area contributed by atoms with E-state index < -0.39 is 18.4 Å². The van der Waals surface area contributed by atoms with Gasteiger partial charge in [-0.05, 0) is 30.9 Å². The first-order valence-corrected chi connectivity index (χ1v) is 10.5. The van der Waals surface area contributed by atoms with Crippen molar-refractivity contribution in [3.63, 3.8) is 0 Å². The van der Waals surface area contributed by atoms with Crippen LogP contribution in [0.1, 0.15) is 46.9 Å². The number of carbonyl (C=O) groups excluding carboxylic acids is 1. The minimum absolute atomic E-state index is 0.00531. The lowest BCUT2D eigenvalue weighted by molar-refractivity contribution is -0.0561. The molecule has 0 aromatic carbocycles. The van der Waals surface area contributed by atoms with E-state index in [0.29, 0.717) is 12.5 Å². The Kier molecular flexibility index (Phi) is 4.72. The molecule has 30 heavy (non-hydrogen) atoms. The molecule has 3 aliphatic heterocycles. The van der Waals surface area contributed by atoms with Gasteiger partial charge in [0.25, 0.3) is 17.4 Å². The monoisotopic (exact) mass is 417 g/mol. The van der Waals surface area contributed by atoms with Crippen molar-refractivity contribution in [2.45, 2.75) is 44.2 Å². The van der Waals surface area contributed by atoms with Crippen LogP contribution in [-0.4, -0.2) is 62.3 Å². The summed E-state index contributed by atoms with van der Waals surface area (Å²) >= 11 is 0. The number of rotatable bonds is 3. The largest absolute Gasteiger partial charge is 0.347 e. The molecule has 3 aliphatic rings. The number of H-pyrrole nitrogens is 1. The lowest BCUT2D eigenvalue weighted by atomic mass is 9.83. The normalized spacial score (nSPS) is 25.7. The lowest BCUT2D eigenvalue weighted by Gasteiger charge is -2.42. The van der Waals surface area contributed by atoms with E-state index in [1.807, 2.05) is 12.3 Å². The van der Waals surface area contributed by atoms with Gasteiger partial charge in [0.2, 0.25) is 0 Å². The number of fused-ring (bicyclic) bond motifs is 4. The fourth-order valence-corrected chi connectivity index (χ4v) is 5.26. The third kappa shape index (κ3) is 3.55. The van der Waals surface area contributed by atoms with E-state index in [9.17, 15) is 18.4 Å². The van der Waals surface area contributed by atoms with Crippen LogP contribution in [0.15, 0.2) is 29.5 Å². The van der Waals surface area contributed by atoms with Crippen LogP contribution in [0, 0.1) is 5.92 Å². The van der Waals surface area contributed by atoms with Gasteiger partial charge in [0.1, 0.15) is 5.56 Å². The molecule has 0 unspecified atom stereocenters. The molecular weight excluding hydrogens is 392 g/mol. The smallest absolute Gasteiger partial charge is 0.265 e. The standard InChI is InChI=1S/C21H25F2N5O2/c22-21(23)4-1-5-27(12-21)19(29)17-2-3-18-15-6-14(9-28(18)20(17)30)8-26(10-15)11-16-7-24-13-25-16/h2-3,7,13-15H,1,4-6,8-12H2,(H,24,25)/t14-,15+/m0/s1. The molecule has 1 N–H and O–H groups in total. The summed E-state index contributed by atoms with van der Waals surface area (Å²) in [5.74, 6) is -2.92. The van der Waals surface area contributed by atoms with Gasteiger partial charge in [-0.3, -0.25) is 14.5 Å². The predicted octanol–water partition coefficient (Wildman–Crippen LogP) is 2.06. The van der Waals surface area contributed by atoms with Crippen LogP contribution in [0.2, 0.25) is 0 Å². The van der Waals surface area contributed by atoms with Crippen molar-refractivity contribution in [1.29, 1.82) is 0 Å². The second-order valence-corrected chi connectivity index (χ2v) is 8.84. The topological polar surface area (TPSA) is 74.2 Å². The van der Waals surface area contributed by atoms with Gasteiger partial charge in [0, 0.05) is 62.6 Å². The van der Waals surface area contributed by atoms with Gasteiger partial charge < -0.3 is 14.5 Å². The van der Waals surface area contributed by atoms with Gasteiger partial charge in [-0.25, -0.2) is 13.8 Å². The fraction of sp³-hybridized carbons (Fsp3) is 0.571. The molecule has 2 aromatic rings. The molecule has 0 saturated carbocycles. The number of halogens is 2. The zero-order valence-electron chi connectivity index (χ0n) is 16.7. The van der Waals surface area contributed by atoms with Crippen molar-refractivity contribution in [2.24, 2.45) is 5.92 Å². The van der Waals surface area contributed by atoms with Crippen LogP contribution in [0.5, 0.6) is 0 Å². The number of hydrogen-bond acceptors (Lipinski definition) is 4. The third-order valence-electron chi connectivity index (χ3n) is 6.54. The number of aromatic amines is 1. The number of nitrogens with zero attached hydrogens (tertiary/aromatic N) is 4. The van der Waals surface area contributed by atoms with Crippen LogP contribution in [-0.2, 0) is 13.1 Å². The molecule has 5 heterocycles. The Morgan fingerprint density at radius 2 is 2.13 bits per heavy atom. The second kappa shape index (κ2) is 7.30. The van der Waals surface area contributed by atoms with Crippen molar-refractivity contribution in [3.05, 3.63) is 52.0 Å². The number of hydrogen-bond donors (Lipinski definition) is 1. The van der Waals surface area contributed by atoms with E-state index in [-0.39, 0.29) is 36.4 Å². The van der Waals surface area contributed by atoms with Crippen molar-refractivity contribution < 1.29 is 13.6 Å². The van der Waals surface area contributed by atoms with Gasteiger partial charge in [0.05, 0.1) is 12.9 Å². The van der Waals surface area contributed by atoms with Crippen LogP contribution in [0.3, 0.4) is 0 Å². The van der Waals surface area contributed by atoms with E-state index in [2.05, 4.69) is 14.9 Å². The summed E-state index contributed by atoms with van der Waals surface area (Å²) in [4.78, 5) is 36.7. The summed E-state index contributed by atoms with van der Waals surface area (Å²) in [6.07, 6.45) is 4.56. The summed E-state index contributed by atoms with van der Waals surface area (Å²) in [6, 6.07) is 3.38. The minimum atomic E-state index is -2.88. The van der Waals surface area contributed by atoms with Gasteiger partial charge in [-0.1, -0.05) is 0 Å². The number of likely N-dealkylation sites (tertiary alicyclic amines) is 2. The SMILES string of the molecule is O=C(c1ccc2n(c1=O)C[C@H]1C[C@@H]2CN(Cc2cnc[nH]2)C1)N1CCCC(F)(F)C1. The molecule has 1 amide bonds. The highest BCUT2D eigenvalue weighted by Crippen LogP contribution is 2.36. The first-order chi connectivity index (χ1) is 14.4. The first kappa shape index (κ1) is 19.4. The van der Waals surface area contributed by atoms with E-state index in [0.717, 1.165) is 42.3 Å². The molecule has 2 saturated heterocycles. The fourth-order valence-electron chi connectivity index (χ4n) is 5.26. The zero-order valence-corrected chi connectivity index (χ0v) is 16.7. The van der Waals surface area contributed by atoms with Gasteiger partial charge in [-0.15, -0.1) is 0 Å². The highest BCUT2D eigenvalue weighted by molar-refractivity contribution is 5.94. The number of alkyl halides is 2. The van der Waals surface area contributed by atoms with Crippen molar-refractivity contribution in [2.75, 3.05) is 26.2 Å². The molecule has 5 rings (SSSR count). The Labute approximate surface area is 172 Å². The van der Waals surface area contributed by atoms with E-state index in [1.54, 1.807) is 10.9 Å². The molecule has 2 fully saturated rings. The summed E-state index contributed by atoms with van der Waals surface area (Å²) in [5.41, 5.74) is 1.66. The van der Waals surface area contributed by atoms with Crippen LogP contribution < -0.4 is 5.56 Å². The van der Waals surface area contributed by atoms with Crippen LogP contribution in [0.25, 0.3) is 0 Å². The molecule has 2 bridgehead atoms. The number of piperidine rings is 2. The van der Waals surface area contributed by atoms with E-state index in [4.69, 9.17) is 0 Å². The third-order valence-corrected chi connectivity index (χ3v) is 6.54. The molecule has 9 heteroatoms. The zero-order chi connectivity index (χ0) is 20.9. The molecule has 0 aliphatic carbocycles. The quantitative estimate of drug-likeness (QED) is 0.830. The van der Waals surface area contributed by atoms with Gasteiger partial charge >= 0.3 is 0 Å². The number of amides is 1. The lowest BCUT2D eigenvalue weighted by Crippen LogP contribution is -2.49. The maximum Gasteiger partial charge on any atom is 0.265 e. The summed E-state index contributed by atoms with van der Waals surface area (Å²) < 4.78 is 29.2. The number of aromatic nitrogens is 3. The summed E-state index contributed by atoms with van der Waals surface area (Å²) in [6.45, 7) is 2.71. The predicted molar refractivity (Wildman–Crippen MR) is 105 cm³/mol. The minimum Gasteiger partial charge on any atom is -0.347 e. The van der Waals surface area contributed by atoms with Gasteiger partial charge in [-0.2, -0.15) is 0 Å². The van der Waals surface area contributed by atoms with Crippen LogP contribution in [0.4, 0.5) is 8.78 Å². The molecule has 160 valence electrons. The Hall–Kier alpha value is -2.55. The summed E-state index contributed by atoms with van der Waals surface area (Å²) in [7, 11) is 0. The number of carbonyl (C=O) groups is 1. The van der Waals surface area contributed by atoms with Crippen molar-refractivity contribution >= 4 is 5.91 Å². The highest BCUT2D eigenvalue weighted by atomic mass is 19.3. The van der Waals surface area contributed by atoms with Crippen molar-refractivity contribution in [1.82, 2.24) is 24.3 Å². The first-order valence-electron chi connectivity index (χ1n) is 10.5. The Morgan fingerprint density at radius 1 is 1.27 bits per heavy atom. The molecule has 2 atom stereocenters. The van der Waals surface area contributed by atoms with Gasteiger partial charge in [0.15, 0.2) is 0 Å². The number of nitrogens with one attached hydrogen (secondary N) is 1. The maximum atomic E-state index is 13.7. The molecule has 0 spiro atoms. The average Bonchev–Trinajstić information content (AvgIpc) is 3.20. The number of imidazole rings is 1. The molecular formula is C21H25F2N5O2. The van der Waals surface area contributed by atoms with Crippen LogP contribution >= 0.6 is 0 Å². The Morgan fingerprint density at radius 3 is 2.90 bits per heavy atom. The summed E-state index contributed by atoms with van der Waals surface area (Å²) in [5, 5.41) is 0. The van der Waals surface area contributed by atoms with E-state index >= 15 is 0 Å². The molecule has 7 nitrogen and oxygen atoms in total. The average molecular weight is 417 g/mol. The maximum absolute atomic E-state index is 13.7. The number of pyridine rings is 1. The Bertz CT molecular complexity index is 1000. The Balaban J connectivity index is 1.38. The van der Waals surface area contributed by atoms with Crippen molar-refractivity contribution in [3.8, 4) is 0 Å². The highest BCUT2D eigenvalue weighted by Gasteiger charge is 2.39. The second-order valence-electron chi connectivity index (χ2n) is 8.84. The molecule has 0 radical (unpaired) electrons.